The van der Waals surface area contributed by atoms with Crippen LogP contribution in [0, 0.1) is 6.92 Å². The maximum atomic E-state index is 5.09. The van der Waals surface area contributed by atoms with Gasteiger partial charge in [0.05, 0.1) is 7.11 Å². The third kappa shape index (κ3) is 3.51. The Kier molecular flexibility index (Phi) is 4.48. The van der Waals surface area contributed by atoms with E-state index in [1.54, 1.807) is 7.11 Å². The number of ether oxygens (including phenoxy) is 1. The molecule has 0 N–H and O–H groups in total. The summed E-state index contributed by atoms with van der Waals surface area (Å²) in [5, 5.41) is 0. The zero-order valence-corrected chi connectivity index (χ0v) is 13.1. The first-order valence-corrected chi connectivity index (χ1v) is 7.50. The van der Waals surface area contributed by atoms with Gasteiger partial charge < -0.3 is 9.64 Å². The van der Waals surface area contributed by atoms with E-state index in [1.807, 2.05) is 31.5 Å². The second-order valence-electron chi connectivity index (χ2n) is 5.47. The van der Waals surface area contributed by atoms with Crippen LogP contribution < -0.4 is 9.64 Å². The Hall–Kier alpha value is -2.21. The van der Waals surface area contributed by atoms with Gasteiger partial charge in [-0.2, -0.15) is 0 Å². The molecular weight excluding hydrogens is 278 g/mol. The average molecular weight is 299 g/mol. The third-order valence-corrected chi connectivity index (χ3v) is 3.85. The molecule has 0 atom stereocenters. The molecule has 3 heterocycles. The van der Waals surface area contributed by atoms with E-state index >= 15 is 0 Å². The Morgan fingerprint density at radius 3 is 2.55 bits per heavy atom. The first-order chi connectivity index (χ1) is 10.7. The summed E-state index contributed by atoms with van der Waals surface area (Å²) in [6.07, 6.45) is 3.71. The van der Waals surface area contributed by atoms with Gasteiger partial charge in [-0.15, -0.1) is 0 Å². The van der Waals surface area contributed by atoms with E-state index in [4.69, 9.17) is 4.74 Å². The number of hydrogen-bond donors (Lipinski definition) is 0. The summed E-state index contributed by atoms with van der Waals surface area (Å²) in [6.45, 7) is 6.82. The van der Waals surface area contributed by atoms with Crippen LogP contribution in [-0.4, -0.2) is 53.1 Å². The molecule has 0 aliphatic carbocycles. The van der Waals surface area contributed by atoms with Crippen LogP contribution >= 0.6 is 0 Å². The number of nitrogens with zero attached hydrogens (tertiary/aromatic N) is 5. The van der Waals surface area contributed by atoms with Gasteiger partial charge in [-0.05, 0) is 18.6 Å². The van der Waals surface area contributed by atoms with E-state index in [0.717, 1.165) is 44.4 Å². The third-order valence-electron chi connectivity index (χ3n) is 3.85. The lowest BCUT2D eigenvalue weighted by Crippen LogP contribution is -2.46. The van der Waals surface area contributed by atoms with E-state index in [1.165, 1.54) is 5.56 Å². The average Bonchev–Trinajstić information content (AvgIpc) is 2.56. The SMILES string of the molecule is COc1ccc(CN2CCN(c3nccc(C)n3)CC2)cn1. The molecule has 2 aromatic rings. The first-order valence-electron chi connectivity index (χ1n) is 7.50. The second-order valence-corrected chi connectivity index (χ2v) is 5.47. The standard InChI is InChI=1S/C16H21N5O/c1-13-5-6-17-16(19-13)21-9-7-20(8-10-21)12-14-3-4-15(22-2)18-11-14/h3-6,11H,7-10,12H2,1-2H3. The normalized spacial score (nSPS) is 15.8. The van der Waals surface area contributed by atoms with Crippen LogP contribution in [0.2, 0.25) is 0 Å². The summed E-state index contributed by atoms with van der Waals surface area (Å²) in [5.74, 6) is 1.50. The Labute approximate surface area is 130 Å². The number of methoxy groups -OCH3 is 1. The number of piperazine rings is 1. The Morgan fingerprint density at radius 1 is 1.09 bits per heavy atom. The molecule has 0 spiro atoms. The van der Waals surface area contributed by atoms with Crippen molar-refractivity contribution >= 4 is 5.95 Å². The smallest absolute Gasteiger partial charge is 0.225 e. The molecular formula is C16H21N5O. The number of aryl methyl sites for hydroxylation is 1. The lowest BCUT2D eigenvalue weighted by Gasteiger charge is -2.34. The minimum atomic E-state index is 0.658. The van der Waals surface area contributed by atoms with Crippen LogP contribution in [0.25, 0.3) is 0 Å². The molecule has 2 aromatic heterocycles. The number of pyridine rings is 1. The Bertz CT molecular complexity index is 608. The van der Waals surface area contributed by atoms with Crippen molar-refractivity contribution in [1.29, 1.82) is 0 Å². The van der Waals surface area contributed by atoms with Gasteiger partial charge in [0.25, 0.3) is 0 Å². The Morgan fingerprint density at radius 2 is 1.91 bits per heavy atom. The molecule has 116 valence electrons. The van der Waals surface area contributed by atoms with Crippen LogP contribution in [0.3, 0.4) is 0 Å². The minimum Gasteiger partial charge on any atom is -0.481 e. The maximum Gasteiger partial charge on any atom is 0.225 e. The van der Waals surface area contributed by atoms with Crippen LogP contribution in [0.4, 0.5) is 5.95 Å². The van der Waals surface area contributed by atoms with Crippen molar-refractivity contribution in [2.45, 2.75) is 13.5 Å². The summed E-state index contributed by atoms with van der Waals surface area (Å²) in [7, 11) is 1.63. The Balaban J connectivity index is 1.55. The summed E-state index contributed by atoms with van der Waals surface area (Å²) >= 11 is 0. The monoisotopic (exact) mass is 299 g/mol. The number of hydrogen-bond acceptors (Lipinski definition) is 6. The lowest BCUT2D eigenvalue weighted by atomic mass is 10.2. The maximum absolute atomic E-state index is 5.09. The first kappa shape index (κ1) is 14.7. The van der Waals surface area contributed by atoms with Gasteiger partial charge in [-0.3, -0.25) is 4.90 Å². The van der Waals surface area contributed by atoms with Gasteiger partial charge >= 0.3 is 0 Å². The molecule has 0 radical (unpaired) electrons. The highest BCUT2D eigenvalue weighted by Crippen LogP contribution is 2.14. The molecule has 1 fully saturated rings. The quantitative estimate of drug-likeness (QED) is 0.853. The van der Waals surface area contributed by atoms with Crippen molar-refractivity contribution in [1.82, 2.24) is 19.9 Å². The predicted octanol–water partition coefficient (Wildman–Crippen LogP) is 1.51. The molecule has 1 aliphatic rings. The highest BCUT2D eigenvalue weighted by molar-refractivity contribution is 5.31. The molecule has 1 saturated heterocycles. The van der Waals surface area contributed by atoms with Gasteiger partial charge in [0, 0.05) is 56.9 Å². The van der Waals surface area contributed by atoms with Gasteiger partial charge in [-0.1, -0.05) is 6.07 Å². The fourth-order valence-corrected chi connectivity index (χ4v) is 2.58. The molecule has 3 rings (SSSR count). The van der Waals surface area contributed by atoms with E-state index in [9.17, 15) is 0 Å². The zero-order chi connectivity index (χ0) is 15.4. The van der Waals surface area contributed by atoms with E-state index in [-0.39, 0.29) is 0 Å². The van der Waals surface area contributed by atoms with Crippen molar-refractivity contribution in [2.75, 3.05) is 38.2 Å². The highest BCUT2D eigenvalue weighted by Gasteiger charge is 2.19. The zero-order valence-electron chi connectivity index (χ0n) is 13.1. The predicted molar refractivity (Wildman–Crippen MR) is 85.0 cm³/mol. The molecule has 0 bridgehead atoms. The van der Waals surface area contributed by atoms with Crippen molar-refractivity contribution in [3.05, 3.63) is 41.9 Å². The van der Waals surface area contributed by atoms with Crippen molar-refractivity contribution in [2.24, 2.45) is 0 Å². The van der Waals surface area contributed by atoms with Gasteiger partial charge in [0.15, 0.2) is 0 Å². The molecule has 0 saturated carbocycles. The fourth-order valence-electron chi connectivity index (χ4n) is 2.58. The number of anilines is 1. The van der Waals surface area contributed by atoms with Gasteiger partial charge in [0.1, 0.15) is 0 Å². The van der Waals surface area contributed by atoms with Crippen LogP contribution in [-0.2, 0) is 6.54 Å². The van der Waals surface area contributed by atoms with E-state index in [2.05, 4.69) is 30.8 Å². The van der Waals surface area contributed by atoms with E-state index < -0.39 is 0 Å². The molecule has 6 heteroatoms. The largest absolute Gasteiger partial charge is 0.481 e. The molecule has 0 aromatic carbocycles. The molecule has 22 heavy (non-hydrogen) atoms. The summed E-state index contributed by atoms with van der Waals surface area (Å²) in [4.78, 5) is 17.8. The second kappa shape index (κ2) is 6.70. The molecule has 0 unspecified atom stereocenters. The van der Waals surface area contributed by atoms with Gasteiger partial charge in [0.2, 0.25) is 11.8 Å². The molecule has 1 aliphatic heterocycles. The van der Waals surface area contributed by atoms with Crippen molar-refractivity contribution < 1.29 is 4.74 Å². The van der Waals surface area contributed by atoms with Crippen LogP contribution in [0.15, 0.2) is 30.6 Å². The fraction of sp³-hybridized carbons (Fsp3) is 0.438. The van der Waals surface area contributed by atoms with Crippen LogP contribution in [0.5, 0.6) is 5.88 Å². The minimum absolute atomic E-state index is 0.658. The van der Waals surface area contributed by atoms with Crippen molar-refractivity contribution in [3.8, 4) is 5.88 Å². The number of aromatic nitrogens is 3. The summed E-state index contributed by atoms with van der Waals surface area (Å²) < 4.78 is 5.09. The topological polar surface area (TPSA) is 54.4 Å². The molecule has 6 nitrogen and oxygen atoms in total. The van der Waals surface area contributed by atoms with Crippen molar-refractivity contribution in [3.63, 3.8) is 0 Å². The number of rotatable bonds is 4. The lowest BCUT2D eigenvalue weighted by molar-refractivity contribution is 0.248. The summed E-state index contributed by atoms with van der Waals surface area (Å²) in [6, 6.07) is 5.91. The molecule has 0 amide bonds. The van der Waals surface area contributed by atoms with Gasteiger partial charge in [-0.25, -0.2) is 15.0 Å². The van der Waals surface area contributed by atoms with Crippen LogP contribution in [0.1, 0.15) is 11.3 Å². The highest BCUT2D eigenvalue weighted by atomic mass is 16.5. The summed E-state index contributed by atoms with van der Waals surface area (Å²) in [5.41, 5.74) is 2.22. The van der Waals surface area contributed by atoms with E-state index in [0.29, 0.717) is 5.88 Å².